The summed E-state index contributed by atoms with van der Waals surface area (Å²) in [6.07, 6.45) is 6.91. The topological polar surface area (TPSA) is 43.6 Å². The van der Waals surface area contributed by atoms with Gasteiger partial charge in [-0.3, -0.25) is 0 Å². The average Bonchev–Trinajstić information content (AvgIpc) is 2.69. The molecule has 0 saturated carbocycles. The Morgan fingerprint density at radius 1 is 1.29 bits per heavy atom. The summed E-state index contributed by atoms with van der Waals surface area (Å²) in [5.41, 5.74) is 1.12. The minimum atomic E-state index is 0.790. The van der Waals surface area contributed by atoms with Gasteiger partial charge >= 0.3 is 0 Å². The van der Waals surface area contributed by atoms with Crippen molar-refractivity contribution in [3.05, 3.63) is 36.5 Å². The molecule has 0 bridgehead atoms. The van der Waals surface area contributed by atoms with Crippen LogP contribution in [0.5, 0.6) is 0 Å². The van der Waals surface area contributed by atoms with Gasteiger partial charge in [0, 0.05) is 18.5 Å². The fraction of sp³-hybridized carbons (Fsp3) is 0.300. The first-order valence-corrected chi connectivity index (χ1v) is 4.64. The Morgan fingerprint density at radius 2 is 2.07 bits per heavy atom. The average molecular weight is 190 g/mol. The van der Waals surface area contributed by atoms with Crippen LogP contribution in [0.2, 0.25) is 0 Å². The maximum absolute atomic E-state index is 4.11. The SMILES string of the molecule is CC.Cc1cnn(-c2ccncn2)c1. The monoisotopic (exact) mass is 190 g/mol. The Labute approximate surface area is 83.6 Å². The quantitative estimate of drug-likeness (QED) is 0.690. The van der Waals surface area contributed by atoms with Gasteiger partial charge in [0.05, 0.1) is 6.20 Å². The van der Waals surface area contributed by atoms with E-state index in [1.54, 1.807) is 17.1 Å². The number of aromatic nitrogens is 4. The Balaban J connectivity index is 0.000000461. The van der Waals surface area contributed by atoms with Crippen LogP contribution in [0, 0.1) is 6.92 Å². The maximum atomic E-state index is 4.11. The first kappa shape index (κ1) is 10.4. The Bertz CT molecular complexity index is 367. The van der Waals surface area contributed by atoms with Crippen LogP contribution >= 0.6 is 0 Å². The van der Waals surface area contributed by atoms with Gasteiger partial charge in [0.25, 0.3) is 0 Å². The molecule has 0 aliphatic rings. The highest BCUT2D eigenvalue weighted by Crippen LogP contribution is 2.01. The highest BCUT2D eigenvalue weighted by atomic mass is 15.3. The molecule has 2 aromatic rings. The van der Waals surface area contributed by atoms with Crippen LogP contribution in [0.4, 0.5) is 0 Å². The number of aryl methyl sites for hydroxylation is 1. The van der Waals surface area contributed by atoms with Crippen LogP contribution in [0.1, 0.15) is 19.4 Å². The van der Waals surface area contributed by atoms with E-state index in [1.165, 1.54) is 6.33 Å². The highest BCUT2D eigenvalue weighted by molar-refractivity contribution is 5.19. The molecule has 14 heavy (non-hydrogen) atoms. The van der Waals surface area contributed by atoms with Gasteiger partial charge in [0.2, 0.25) is 0 Å². The van der Waals surface area contributed by atoms with E-state index in [1.807, 2.05) is 33.0 Å². The van der Waals surface area contributed by atoms with E-state index < -0.39 is 0 Å². The summed E-state index contributed by atoms with van der Waals surface area (Å²) in [6.45, 7) is 5.99. The lowest BCUT2D eigenvalue weighted by Crippen LogP contribution is -1.96. The molecular formula is C10H14N4. The van der Waals surface area contributed by atoms with Crippen LogP contribution in [0.25, 0.3) is 5.82 Å². The molecule has 0 atom stereocenters. The van der Waals surface area contributed by atoms with Crippen LogP contribution in [0.15, 0.2) is 31.0 Å². The lowest BCUT2D eigenvalue weighted by atomic mass is 10.4. The van der Waals surface area contributed by atoms with Crippen molar-refractivity contribution < 1.29 is 0 Å². The number of nitrogens with zero attached hydrogens (tertiary/aromatic N) is 4. The fourth-order valence-corrected chi connectivity index (χ4v) is 0.957. The van der Waals surface area contributed by atoms with E-state index in [4.69, 9.17) is 0 Å². The molecule has 0 aliphatic carbocycles. The zero-order chi connectivity index (χ0) is 10.4. The second-order valence-electron chi connectivity index (χ2n) is 2.53. The summed E-state index contributed by atoms with van der Waals surface area (Å²) in [5.74, 6) is 0.790. The zero-order valence-electron chi connectivity index (χ0n) is 8.68. The third kappa shape index (κ3) is 2.39. The third-order valence-electron chi connectivity index (χ3n) is 1.51. The Kier molecular flexibility index (Phi) is 3.79. The van der Waals surface area contributed by atoms with Crippen molar-refractivity contribution >= 4 is 0 Å². The Morgan fingerprint density at radius 3 is 2.57 bits per heavy atom. The van der Waals surface area contributed by atoms with Crippen LogP contribution < -0.4 is 0 Å². The number of hydrogen-bond acceptors (Lipinski definition) is 3. The smallest absolute Gasteiger partial charge is 0.156 e. The minimum Gasteiger partial charge on any atom is -0.245 e. The van der Waals surface area contributed by atoms with Crippen LogP contribution in [-0.2, 0) is 0 Å². The minimum absolute atomic E-state index is 0.790. The molecule has 0 radical (unpaired) electrons. The molecule has 0 N–H and O–H groups in total. The zero-order valence-corrected chi connectivity index (χ0v) is 8.68. The lowest BCUT2D eigenvalue weighted by molar-refractivity contribution is 0.839. The van der Waals surface area contributed by atoms with E-state index in [2.05, 4.69) is 15.1 Å². The molecule has 2 heterocycles. The van der Waals surface area contributed by atoms with Crippen molar-refractivity contribution in [2.75, 3.05) is 0 Å². The molecule has 2 aromatic heterocycles. The lowest BCUT2D eigenvalue weighted by Gasteiger charge is -1.96. The molecule has 0 amide bonds. The molecule has 0 fully saturated rings. The molecule has 0 aliphatic heterocycles. The van der Waals surface area contributed by atoms with Crippen molar-refractivity contribution in [3.63, 3.8) is 0 Å². The number of hydrogen-bond donors (Lipinski definition) is 0. The molecule has 0 aromatic carbocycles. The molecule has 0 saturated heterocycles. The van der Waals surface area contributed by atoms with Crippen LogP contribution in [0.3, 0.4) is 0 Å². The summed E-state index contributed by atoms with van der Waals surface area (Å²) < 4.78 is 1.72. The van der Waals surface area contributed by atoms with Gasteiger partial charge in [-0.1, -0.05) is 13.8 Å². The molecule has 4 heteroatoms. The summed E-state index contributed by atoms with van der Waals surface area (Å²) in [4.78, 5) is 7.88. The van der Waals surface area contributed by atoms with E-state index >= 15 is 0 Å². The van der Waals surface area contributed by atoms with Gasteiger partial charge < -0.3 is 0 Å². The van der Waals surface area contributed by atoms with Crippen molar-refractivity contribution in [2.45, 2.75) is 20.8 Å². The second-order valence-corrected chi connectivity index (χ2v) is 2.53. The molecule has 0 spiro atoms. The standard InChI is InChI=1S/C8H8N4.C2H6/c1-7-4-11-12(5-7)8-2-3-9-6-10-8;1-2/h2-6H,1H3;1-2H3. The molecule has 0 unspecified atom stereocenters. The van der Waals surface area contributed by atoms with E-state index in [0.717, 1.165) is 11.4 Å². The summed E-state index contributed by atoms with van der Waals surface area (Å²) in [7, 11) is 0. The highest BCUT2D eigenvalue weighted by Gasteiger charge is 1.96. The van der Waals surface area contributed by atoms with Crippen molar-refractivity contribution in [3.8, 4) is 5.82 Å². The van der Waals surface area contributed by atoms with Gasteiger partial charge in [-0.15, -0.1) is 0 Å². The fourth-order valence-electron chi connectivity index (χ4n) is 0.957. The van der Waals surface area contributed by atoms with Crippen molar-refractivity contribution in [1.29, 1.82) is 0 Å². The molecule has 4 nitrogen and oxygen atoms in total. The number of rotatable bonds is 1. The van der Waals surface area contributed by atoms with E-state index in [9.17, 15) is 0 Å². The van der Waals surface area contributed by atoms with Crippen LogP contribution in [-0.4, -0.2) is 19.7 Å². The van der Waals surface area contributed by atoms with Gasteiger partial charge in [-0.25, -0.2) is 14.6 Å². The predicted octanol–water partition coefficient (Wildman–Crippen LogP) is 2.00. The van der Waals surface area contributed by atoms with Gasteiger partial charge in [0.1, 0.15) is 6.33 Å². The first-order valence-electron chi connectivity index (χ1n) is 4.64. The molecule has 74 valence electrons. The van der Waals surface area contributed by atoms with Gasteiger partial charge in [-0.2, -0.15) is 5.10 Å². The largest absolute Gasteiger partial charge is 0.245 e. The molecular weight excluding hydrogens is 176 g/mol. The normalized spacial score (nSPS) is 9.07. The maximum Gasteiger partial charge on any atom is 0.156 e. The van der Waals surface area contributed by atoms with Gasteiger partial charge in [-0.05, 0) is 12.5 Å². The first-order chi connectivity index (χ1) is 6.86. The summed E-state index contributed by atoms with van der Waals surface area (Å²) in [5, 5.41) is 4.11. The van der Waals surface area contributed by atoms with Gasteiger partial charge in [0.15, 0.2) is 5.82 Å². The molecule has 2 rings (SSSR count). The second kappa shape index (κ2) is 5.11. The summed E-state index contributed by atoms with van der Waals surface area (Å²) >= 11 is 0. The van der Waals surface area contributed by atoms with E-state index in [0.29, 0.717) is 0 Å². The van der Waals surface area contributed by atoms with E-state index in [-0.39, 0.29) is 0 Å². The Hall–Kier alpha value is -1.71. The third-order valence-corrected chi connectivity index (χ3v) is 1.51. The predicted molar refractivity (Wildman–Crippen MR) is 55.2 cm³/mol. The summed E-state index contributed by atoms with van der Waals surface area (Å²) in [6, 6.07) is 1.81. The van der Waals surface area contributed by atoms with Crippen molar-refractivity contribution in [1.82, 2.24) is 19.7 Å². The van der Waals surface area contributed by atoms with Crippen molar-refractivity contribution in [2.24, 2.45) is 0 Å².